The number of carboxylic acids is 1. The maximum atomic E-state index is 12.5. The third-order valence-electron chi connectivity index (χ3n) is 3.71. The Kier molecular flexibility index (Phi) is 5.03. The van der Waals surface area contributed by atoms with Gasteiger partial charge in [-0.2, -0.15) is 11.8 Å². The van der Waals surface area contributed by atoms with Crippen LogP contribution in [0.4, 0.5) is 0 Å². The van der Waals surface area contributed by atoms with Crippen molar-refractivity contribution in [2.45, 2.75) is 38.3 Å². The fourth-order valence-electron chi connectivity index (χ4n) is 2.45. The van der Waals surface area contributed by atoms with E-state index in [0.717, 1.165) is 16.0 Å². The van der Waals surface area contributed by atoms with Crippen LogP contribution in [0.15, 0.2) is 16.7 Å². The van der Waals surface area contributed by atoms with Gasteiger partial charge in [0.15, 0.2) is 0 Å². The molecule has 0 saturated carbocycles. The monoisotopic (exact) mass is 374 g/mol. The molecule has 2 N–H and O–H groups in total. The van der Waals surface area contributed by atoms with E-state index in [1.165, 1.54) is 0 Å². The summed E-state index contributed by atoms with van der Waals surface area (Å²) >= 11 is 5.09. The van der Waals surface area contributed by atoms with E-state index >= 15 is 0 Å². The highest BCUT2D eigenvalue weighted by molar-refractivity contribution is 9.10. The molecule has 1 aromatic heterocycles. The number of carbonyl (C=O) groups excluding carboxylic acids is 1. The van der Waals surface area contributed by atoms with Crippen molar-refractivity contribution in [3.63, 3.8) is 0 Å². The molecule has 2 heterocycles. The molecule has 1 saturated heterocycles. The van der Waals surface area contributed by atoms with Gasteiger partial charge in [-0.3, -0.25) is 4.79 Å². The highest BCUT2D eigenvalue weighted by Crippen LogP contribution is 2.28. The smallest absolute Gasteiger partial charge is 0.329 e. The topological polar surface area (TPSA) is 71.3 Å². The second-order valence-corrected chi connectivity index (χ2v) is 7.64. The van der Waals surface area contributed by atoms with E-state index in [0.29, 0.717) is 18.5 Å². The van der Waals surface area contributed by atoms with Crippen molar-refractivity contribution < 1.29 is 14.7 Å². The summed E-state index contributed by atoms with van der Waals surface area (Å²) in [5, 5.41) is 12.3. The first kappa shape index (κ1) is 16.4. The SMILES string of the molecule is CC(C)n1cc(Br)cc1C(=O)NC1(C(=O)O)CCSCC1. The summed E-state index contributed by atoms with van der Waals surface area (Å²) in [4.78, 5) is 24.2. The van der Waals surface area contributed by atoms with Crippen molar-refractivity contribution >= 4 is 39.6 Å². The van der Waals surface area contributed by atoms with Crippen molar-refractivity contribution in [2.75, 3.05) is 11.5 Å². The summed E-state index contributed by atoms with van der Waals surface area (Å²) in [6.45, 7) is 3.96. The highest BCUT2D eigenvalue weighted by atomic mass is 79.9. The Morgan fingerprint density at radius 1 is 1.43 bits per heavy atom. The zero-order valence-corrected chi connectivity index (χ0v) is 14.5. The number of hydrogen-bond acceptors (Lipinski definition) is 3. The van der Waals surface area contributed by atoms with Crippen LogP contribution in [0.2, 0.25) is 0 Å². The molecule has 0 atom stereocenters. The Bertz CT molecular complexity index is 550. The molecule has 21 heavy (non-hydrogen) atoms. The molecule has 1 aliphatic heterocycles. The van der Waals surface area contributed by atoms with Crippen molar-refractivity contribution in [1.29, 1.82) is 0 Å². The first-order valence-corrected chi connectivity index (χ1v) is 8.81. The van der Waals surface area contributed by atoms with Crippen molar-refractivity contribution in [3.8, 4) is 0 Å². The summed E-state index contributed by atoms with van der Waals surface area (Å²) in [5.41, 5.74) is -0.656. The number of halogens is 1. The number of amides is 1. The molecule has 0 radical (unpaired) electrons. The van der Waals surface area contributed by atoms with Crippen molar-refractivity contribution in [2.24, 2.45) is 0 Å². The van der Waals surface area contributed by atoms with Gasteiger partial charge >= 0.3 is 5.97 Å². The quantitative estimate of drug-likeness (QED) is 0.849. The van der Waals surface area contributed by atoms with E-state index in [1.54, 1.807) is 17.8 Å². The summed E-state index contributed by atoms with van der Waals surface area (Å²) in [5.74, 6) is 0.227. The molecule has 1 fully saturated rings. The van der Waals surface area contributed by atoms with E-state index in [2.05, 4.69) is 21.2 Å². The number of hydrogen-bond donors (Lipinski definition) is 2. The molecule has 116 valence electrons. The highest BCUT2D eigenvalue weighted by Gasteiger charge is 2.41. The van der Waals surface area contributed by atoms with E-state index in [-0.39, 0.29) is 11.9 Å². The maximum Gasteiger partial charge on any atom is 0.329 e. The first-order valence-electron chi connectivity index (χ1n) is 6.87. The van der Waals surface area contributed by atoms with E-state index in [1.807, 2.05) is 24.6 Å². The van der Waals surface area contributed by atoms with Crippen molar-refractivity contribution in [3.05, 3.63) is 22.4 Å². The van der Waals surface area contributed by atoms with E-state index in [9.17, 15) is 14.7 Å². The third-order valence-corrected chi connectivity index (χ3v) is 5.13. The molecule has 1 amide bonds. The lowest BCUT2D eigenvalue weighted by atomic mass is 9.92. The third kappa shape index (κ3) is 3.45. The predicted octanol–water partition coefficient (Wildman–Crippen LogP) is 2.91. The number of aromatic nitrogens is 1. The van der Waals surface area contributed by atoms with Gasteiger partial charge in [-0.25, -0.2) is 4.79 Å². The van der Waals surface area contributed by atoms with Crippen LogP contribution in [0.5, 0.6) is 0 Å². The van der Waals surface area contributed by atoms with Gasteiger partial charge in [0.2, 0.25) is 0 Å². The van der Waals surface area contributed by atoms with Crippen molar-refractivity contribution in [1.82, 2.24) is 9.88 Å². The number of carbonyl (C=O) groups is 2. The molecule has 0 bridgehead atoms. The normalized spacial score (nSPS) is 17.7. The van der Waals surface area contributed by atoms with Gasteiger partial charge in [0.25, 0.3) is 5.91 Å². The molecule has 0 aromatic carbocycles. The van der Waals surface area contributed by atoms with Crippen LogP contribution in [0.1, 0.15) is 43.2 Å². The van der Waals surface area contributed by atoms with Crippen LogP contribution in [0, 0.1) is 0 Å². The molecule has 1 aromatic rings. The largest absolute Gasteiger partial charge is 0.480 e. The zero-order valence-electron chi connectivity index (χ0n) is 12.1. The molecule has 2 rings (SSSR count). The molecule has 0 spiro atoms. The number of aliphatic carboxylic acids is 1. The average Bonchev–Trinajstić information content (AvgIpc) is 2.82. The fourth-order valence-corrected chi connectivity index (χ4v) is 4.08. The summed E-state index contributed by atoms with van der Waals surface area (Å²) < 4.78 is 2.65. The Labute approximate surface area is 136 Å². The minimum atomic E-state index is -1.14. The second-order valence-electron chi connectivity index (χ2n) is 5.50. The minimum Gasteiger partial charge on any atom is -0.480 e. The molecule has 7 heteroatoms. The first-order chi connectivity index (χ1) is 9.85. The second kappa shape index (κ2) is 6.44. The molecule has 1 aliphatic rings. The van der Waals surface area contributed by atoms with Gasteiger partial charge in [0, 0.05) is 16.7 Å². The predicted molar refractivity (Wildman–Crippen MR) is 86.9 cm³/mol. The standard InChI is InChI=1S/C14H19BrN2O3S/c1-9(2)17-8-10(15)7-11(17)12(18)16-14(13(19)20)3-5-21-6-4-14/h7-9H,3-6H2,1-2H3,(H,16,18)(H,19,20). The average molecular weight is 375 g/mol. The van der Waals surface area contributed by atoms with E-state index < -0.39 is 11.5 Å². The maximum absolute atomic E-state index is 12.5. The van der Waals surface area contributed by atoms with Crippen LogP contribution in [0.3, 0.4) is 0 Å². The molecule has 0 unspecified atom stereocenters. The van der Waals surface area contributed by atoms with Gasteiger partial charge in [-0.05, 0) is 60.2 Å². The summed E-state index contributed by atoms with van der Waals surface area (Å²) in [6.07, 6.45) is 2.76. The lowest BCUT2D eigenvalue weighted by Gasteiger charge is -2.33. The Hall–Kier alpha value is -0.950. The van der Waals surface area contributed by atoms with E-state index in [4.69, 9.17) is 0 Å². The van der Waals surface area contributed by atoms with Gasteiger partial charge in [-0.1, -0.05) is 0 Å². The number of thioether (sulfide) groups is 1. The lowest BCUT2D eigenvalue weighted by Crippen LogP contribution is -2.56. The van der Waals surface area contributed by atoms with Gasteiger partial charge < -0.3 is 15.0 Å². The van der Waals surface area contributed by atoms with Crippen LogP contribution in [-0.4, -0.2) is 38.6 Å². The number of nitrogens with one attached hydrogen (secondary N) is 1. The van der Waals surface area contributed by atoms with Crippen LogP contribution in [-0.2, 0) is 4.79 Å². The van der Waals surface area contributed by atoms with Gasteiger partial charge in [-0.15, -0.1) is 0 Å². The molecular weight excluding hydrogens is 356 g/mol. The summed E-state index contributed by atoms with van der Waals surface area (Å²) in [6, 6.07) is 1.85. The number of carboxylic acid groups (broad SMARTS) is 1. The van der Waals surface area contributed by atoms with Crippen LogP contribution < -0.4 is 5.32 Å². The molecule has 0 aliphatic carbocycles. The zero-order chi connectivity index (χ0) is 15.6. The Balaban J connectivity index is 2.25. The minimum absolute atomic E-state index is 0.125. The van der Waals surface area contributed by atoms with Crippen LogP contribution >= 0.6 is 27.7 Å². The van der Waals surface area contributed by atoms with Gasteiger partial charge in [0.1, 0.15) is 11.2 Å². The Morgan fingerprint density at radius 3 is 2.57 bits per heavy atom. The Morgan fingerprint density at radius 2 is 2.05 bits per heavy atom. The number of nitrogens with zero attached hydrogens (tertiary/aromatic N) is 1. The van der Waals surface area contributed by atoms with Crippen LogP contribution in [0.25, 0.3) is 0 Å². The molecule has 5 nitrogen and oxygen atoms in total. The lowest BCUT2D eigenvalue weighted by molar-refractivity contribution is -0.144. The number of rotatable bonds is 4. The fraction of sp³-hybridized carbons (Fsp3) is 0.571. The molecular formula is C14H19BrN2O3S. The van der Waals surface area contributed by atoms with Gasteiger partial charge in [0.05, 0.1) is 0 Å². The summed E-state index contributed by atoms with van der Waals surface area (Å²) in [7, 11) is 0.